The lowest BCUT2D eigenvalue weighted by molar-refractivity contribution is -0.141. The fourth-order valence-electron chi connectivity index (χ4n) is 1.86. The van der Waals surface area contributed by atoms with E-state index in [1.807, 2.05) is 0 Å². The van der Waals surface area contributed by atoms with Gasteiger partial charge in [-0.1, -0.05) is 0 Å². The highest BCUT2D eigenvalue weighted by Crippen LogP contribution is 2.06. The normalized spacial score (nSPS) is 18.0. The van der Waals surface area contributed by atoms with Gasteiger partial charge in [-0.05, 0) is 0 Å². The van der Waals surface area contributed by atoms with Crippen molar-refractivity contribution < 1.29 is 27.9 Å². The Hall–Kier alpha value is -1.88. The van der Waals surface area contributed by atoms with Gasteiger partial charge in [0.1, 0.15) is 6.04 Å². The maximum absolute atomic E-state index is 11.9. The minimum atomic E-state index is -3.31. The van der Waals surface area contributed by atoms with Crippen molar-refractivity contribution in [1.29, 1.82) is 0 Å². The molecular formula is C10H18N4O6S. The topological polar surface area (TPSA) is 150 Å². The maximum Gasteiger partial charge on any atom is 0.326 e. The first kappa shape index (κ1) is 17.2. The van der Waals surface area contributed by atoms with Crippen LogP contribution in [0.1, 0.15) is 6.42 Å². The number of carbonyl (C=O) groups excluding carboxylic acids is 2. The Morgan fingerprint density at radius 2 is 1.76 bits per heavy atom. The van der Waals surface area contributed by atoms with E-state index >= 15 is 0 Å². The lowest BCUT2D eigenvalue weighted by atomic mass is 10.2. The van der Waals surface area contributed by atoms with Crippen LogP contribution in [0.15, 0.2) is 0 Å². The number of aliphatic carboxylic acids is 1. The van der Waals surface area contributed by atoms with Crippen LogP contribution in [0.25, 0.3) is 0 Å². The number of sulfonamides is 1. The SMILES string of the molecule is CS(=O)(=O)N1CCN(C(=O)NC(CC(N)=O)C(=O)O)CC1. The minimum Gasteiger partial charge on any atom is -0.480 e. The number of hydrogen-bond acceptors (Lipinski definition) is 5. The Morgan fingerprint density at radius 3 is 2.14 bits per heavy atom. The summed E-state index contributed by atoms with van der Waals surface area (Å²) in [6.07, 6.45) is 0.570. The molecule has 10 nitrogen and oxygen atoms in total. The number of rotatable bonds is 5. The molecule has 1 atom stereocenters. The van der Waals surface area contributed by atoms with Gasteiger partial charge in [-0.25, -0.2) is 18.0 Å². The monoisotopic (exact) mass is 322 g/mol. The minimum absolute atomic E-state index is 0.139. The number of primary amides is 1. The Labute approximate surface area is 121 Å². The molecule has 0 aromatic carbocycles. The fraction of sp³-hybridized carbons (Fsp3) is 0.700. The van der Waals surface area contributed by atoms with Crippen molar-refractivity contribution in [3.05, 3.63) is 0 Å². The molecule has 1 unspecified atom stereocenters. The van der Waals surface area contributed by atoms with Crippen molar-refractivity contribution in [3.8, 4) is 0 Å². The summed E-state index contributed by atoms with van der Waals surface area (Å²) >= 11 is 0. The van der Waals surface area contributed by atoms with Crippen molar-refractivity contribution in [2.45, 2.75) is 12.5 Å². The lowest BCUT2D eigenvalue weighted by Crippen LogP contribution is -2.55. The first-order chi connectivity index (χ1) is 9.61. The van der Waals surface area contributed by atoms with E-state index in [9.17, 15) is 22.8 Å². The first-order valence-electron chi connectivity index (χ1n) is 6.13. The molecule has 21 heavy (non-hydrogen) atoms. The van der Waals surface area contributed by atoms with E-state index in [4.69, 9.17) is 10.8 Å². The Bertz CT molecular complexity index is 526. The van der Waals surface area contributed by atoms with Gasteiger partial charge in [-0.3, -0.25) is 4.79 Å². The molecule has 3 amide bonds. The van der Waals surface area contributed by atoms with E-state index in [0.717, 1.165) is 6.26 Å². The number of hydrogen-bond donors (Lipinski definition) is 3. The number of piperazine rings is 1. The molecule has 0 bridgehead atoms. The van der Waals surface area contributed by atoms with Gasteiger partial charge in [0, 0.05) is 26.2 Å². The summed E-state index contributed by atoms with van der Waals surface area (Å²) in [6, 6.07) is -2.07. The molecule has 0 spiro atoms. The van der Waals surface area contributed by atoms with Crippen LogP contribution in [0.3, 0.4) is 0 Å². The molecule has 4 N–H and O–H groups in total. The molecule has 11 heteroatoms. The van der Waals surface area contributed by atoms with Crippen LogP contribution >= 0.6 is 0 Å². The van der Waals surface area contributed by atoms with Gasteiger partial charge in [-0.2, -0.15) is 4.31 Å². The largest absolute Gasteiger partial charge is 0.480 e. The Kier molecular flexibility index (Phi) is 5.49. The number of urea groups is 1. The molecule has 1 fully saturated rings. The zero-order valence-corrected chi connectivity index (χ0v) is 12.3. The molecular weight excluding hydrogens is 304 g/mol. The highest BCUT2D eigenvalue weighted by Gasteiger charge is 2.29. The third-order valence-electron chi connectivity index (χ3n) is 3.00. The van der Waals surface area contributed by atoms with Gasteiger partial charge in [-0.15, -0.1) is 0 Å². The molecule has 0 saturated carbocycles. The summed E-state index contributed by atoms with van der Waals surface area (Å²) < 4.78 is 23.9. The van der Waals surface area contributed by atoms with Crippen LogP contribution in [-0.2, 0) is 19.6 Å². The molecule has 1 rings (SSSR count). The predicted octanol–water partition coefficient (Wildman–Crippen LogP) is -2.40. The van der Waals surface area contributed by atoms with Crippen LogP contribution in [0.5, 0.6) is 0 Å². The van der Waals surface area contributed by atoms with Crippen LogP contribution in [-0.4, -0.2) is 79.1 Å². The number of nitrogens with one attached hydrogen (secondary N) is 1. The van der Waals surface area contributed by atoms with Crippen LogP contribution in [0.2, 0.25) is 0 Å². The summed E-state index contributed by atoms with van der Waals surface area (Å²) in [5.41, 5.74) is 4.91. The third kappa shape index (κ3) is 5.19. The first-order valence-corrected chi connectivity index (χ1v) is 7.97. The van der Waals surface area contributed by atoms with Gasteiger partial charge in [0.2, 0.25) is 15.9 Å². The quantitative estimate of drug-likeness (QED) is 0.513. The van der Waals surface area contributed by atoms with Crippen LogP contribution in [0.4, 0.5) is 4.79 Å². The van der Waals surface area contributed by atoms with Crippen molar-refractivity contribution in [2.24, 2.45) is 5.73 Å². The fourth-order valence-corrected chi connectivity index (χ4v) is 2.69. The third-order valence-corrected chi connectivity index (χ3v) is 4.30. The van der Waals surface area contributed by atoms with Gasteiger partial charge in [0.15, 0.2) is 0 Å². The standard InChI is InChI=1S/C10H18N4O6S/c1-21(19,20)14-4-2-13(3-5-14)10(18)12-7(9(16)17)6-8(11)15/h7H,2-6H2,1H3,(H2,11,15)(H,12,18)(H,16,17). The highest BCUT2D eigenvalue weighted by atomic mass is 32.2. The molecule has 1 saturated heterocycles. The average Bonchev–Trinajstić information content (AvgIpc) is 2.36. The predicted molar refractivity (Wildman–Crippen MR) is 71.8 cm³/mol. The number of carboxylic acids is 1. The number of carbonyl (C=O) groups is 3. The Balaban J connectivity index is 2.57. The van der Waals surface area contributed by atoms with E-state index in [-0.39, 0.29) is 26.2 Å². The molecule has 0 radical (unpaired) electrons. The second-order valence-electron chi connectivity index (χ2n) is 4.66. The summed E-state index contributed by atoms with van der Waals surface area (Å²) in [6.45, 7) is 0.559. The van der Waals surface area contributed by atoms with Crippen molar-refractivity contribution in [3.63, 3.8) is 0 Å². The molecule has 1 heterocycles. The number of carboxylic acid groups (broad SMARTS) is 1. The molecule has 1 aliphatic rings. The Morgan fingerprint density at radius 1 is 1.24 bits per heavy atom. The maximum atomic E-state index is 11.9. The van der Waals surface area contributed by atoms with Crippen molar-refractivity contribution in [1.82, 2.24) is 14.5 Å². The zero-order chi connectivity index (χ0) is 16.2. The number of amides is 3. The second kappa shape index (κ2) is 6.72. The molecule has 1 aliphatic heterocycles. The number of nitrogens with zero attached hydrogens (tertiary/aromatic N) is 2. The van der Waals surface area contributed by atoms with Crippen LogP contribution < -0.4 is 11.1 Å². The van der Waals surface area contributed by atoms with E-state index < -0.39 is 40.4 Å². The zero-order valence-electron chi connectivity index (χ0n) is 11.5. The van der Waals surface area contributed by atoms with E-state index in [1.54, 1.807) is 0 Å². The summed E-state index contributed by atoms with van der Waals surface area (Å²) in [5.74, 6) is -2.21. The van der Waals surface area contributed by atoms with Crippen molar-refractivity contribution >= 4 is 27.9 Å². The summed E-state index contributed by atoms with van der Waals surface area (Å²) in [7, 11) is -3.31. The highest BCUT2D eigenvalue weighted by molar-refractivity contribution is 7.88. The van der Waals surface area contributed by atoms with Gasteiger partial charge >= 0.3 is 12.0 Å². The van der Waals surface area contributed by atoms with Gasteiger partial charge in [0.05, 0.1) is 12.7 Å². The lowest BCUT2D eigenvalue weighted by Gasteiger charge is -2.33. The molecule has 0 aromatic heterocycles. The molecule has 0 aliphatic carbocycles. The summed E-state index contributed by atoms with van der Waals surface area (Å²) in [4.78, 5) is 34.8. The second-order valence-corrected chi connectivity index (χ2v) is 6.64. The van der Waals surface area contributed by atoms with Crippen LogP contribution in [0, 0.1) is 0 Å². The van der Waals surface area contributed by atoms with E-state index in [0.29, 0.717) is 0 Å². The number of nitrogens with two attached hydrogens (primary N) is 1. The average molecular weight is 322 g/mol. The molecule has 120 valence electrons. The van der Waals surface area contributed by atoms with Gasteiger partial charge in [0.25, 0.3) is 0 Å². The van der Waals surface area contributed by atoms with Crippen molar-refractivity contribution in [2.75, 3.05) is 32.4 Å². The van der Waals surface area contributed by atoms with Gasteiger partial charge < -0.3 is 21.1 Å². The smallest absolute Gasteiger partial charge is 0.326 e. The summed E-state index contributed by atoms with van der Waals surface area (Å²) in [5, 5.41) is 11.1. The van der Waals surface area contributed by atoms with E-state index in [2.05, 4.69) is 5.32 Å². The van der Waals surface area contributed by atoms with E-state index in [1.165, 1.54) is 9.21 Å². The molecule has 0 aromatic rings.